The van der Waals surface area contributed by atoms with Gasteiger partial charge in [-0.15, -0.1) is 11.6 Å². The smallest absolute Gasteiger partial charge is 0.322 e. The van der Waals surface area contributed by atoms with Gasteiger partial charge in [-0.1, -0.05) is 11.8 Å². The summed E-state index contributed by atoms with van der Waals surface area (Å²) in [4.78, 5) is 14.2. The maximum absolute atomic E-state index is 5.52. The average molecular weight is 249 g/mol. The molecule has 0 saturated carbocycles. The lowest BCUT2D eigenvalue weighted by molar-refractivity contribution is 0.310. The number of thioether (sulfide) groups is 1. The second kappa shape index (κ2) is 5.97. The van der Waals surface area contributed by atoms with E-state index in [2.05, 4.69) is 15.0 Å². The molecular formula is C8H13ClN4OS. The number of alkyl halides is 1. The zero-order valence-electron chi connectivity index (χ0n) is 8.90. The van der Waals surface area contributed by atoms with E-state index in [1.54, 1.807) is 4.90 Å². The monoisotopic (exact) mass is 248 g/mol. The van der Waals surface area contributed by atoms with Gasteiger partial charge in [0.25, 0.3) is 0 Å². The first-order valence-electron chi connectivity index (χ1n) is 4.33. The molecule has 0 spiro atoms. The maximum Gasteiger partial charge on any atom is 0.322 e. The molecule has 0 aliphatic rings. The third-order valence-corrected chi connectivity index (χ3v) is 2.18. The van der Waals surface area contributed by atoms with Crippen LogP contribution in [-0.4, -0.2) is 47.8 Å². The van der Waals surface area contributed by atoms with Crippen molar-refractivity contribution < 1.29 is 4.74 Å². The van der Waals surface area contributed by atoms with E-state index in [-0.39, 0.29) is 0 Å². The zero-order valence-corrected chi connectivity index (χ0v) is 10.5. The van der Waals surface area contributed by atoms with Crippen LogP contribution in [0.2, 0.25) is 0 Å². The molecule has 7 heteroatoms. The van der Waals surface area contributed by atoms with E-state index in [1.165, 1.54) is 11.8 Å². The highest BCUT2D eigenvalue weighted by atomic mass is 35.5. The van der Waals surface area contributed by atoms with Gasteiger partial charge in [-0.3, -0.25) is 0 Å². The number of anilines is 1. The minimum Gasteiger partial charge on any atom is -0.462 e. The quantitative estimate of drug-likeness (QED) is 0.578. The molecule has 0 aliphatic heterocycles. The molecule has 0 N–H and O–H groups in total. The van der Waals surface area contributed by atoms with Crippen LogP contribution in [0.3, 0.4) is 0 Å². The van der Waals surface area contributed by atoms with Crippen LogP contribution < -0.4 is 9.64 Å². The first kappa shape index (κ1) is 12.3. The highest BCUT2D eigenvalue weighted by Gasteiger charge is 2.07. The Hall–Kier alpha value is -0.750. The van der Waals surface area contributed by atoms with Crippen LogP contribution in [0, 0.1) is 0 Å². The number of nitrogens with zero attached hydrogens (tertiary/aromatic N) is 4. The van der Waals surface area contributed by atoms with Crippen molar-refractivity contribution in [2.45, 2.75) is 5.16 Å². The van der Waals surface area contributed by atoms with Gasteiger partial charge >= 0.3 is 6.01 Å². The Kier molecular flexibility index (Phi) is 4.90. The Morgan fingerprint density at radius 1 is 1.33 bits per heavy atom. The SMILES string of the molecule is CSc1nc(OCCCl)nc(N(C)C)n1. The predicted octanol–water partition coefficient (Wildman–Crippen LogP) is 1.28. The third-order valence-electron chi connectivity index (χ3n) is 1.47. The Morgan fingerprint density at radius 3 is 2.60 bits per heavy atom. The van der Waals surface area contributed by atoms with Crippen LogP contribution >= 0.6 is 23.4 Å². The summed E-state index contributed by atoms with van der Waals surface area (Å²) in [7, 11) is 3.73. The second-order valence-corrected chi connectivity index (χ2v) is 3.99. The number of hydrogen-bond donors (Lipinski definition) is 0. The van der Waals surface area contributed by atoms with E-state index in [0.717, 1.165) is 0 Å². The van der Waals surface area contributed by atoms with Gasteiger partial charge in [-0.25, -0.2) is 0 Å². The fourth-order valence-electron chi connectivity index (χ4n) is 0.814. The molecule has 1 aromatic rings. The van der Waals surface area contributed by atoms with Gasteiger partial charge in [0.1, 0.15) is 6.61 Å². The van der Waals surface area contributed by atoms with Crippen molar-refractivity contribution in [3.63, 3.8) is 0 Å². The van der Waals surface area contributed by atoms with E-state index >= 15 is 0 Å². The fourth-order valence-corrected chi connectivity index (χ4v) is 1.23. The zero-order chi connectivity index (χ0) is 11.3. The topological polar surface area (TPSA) is 51.1 Å². The summed E-state index contributed by atoms with van der Waals surface area (Å²) in [5.74, 6) is 0.997. The first-order valence-corrected chi connectivity index (χ1v) is 6.09. The summed E-state index contributed by atoms with van der Waals surface area (Å²) < 4.78 is 5.25. The summed E-state index contributed by atoms with van der Waals surface area (Å²) in [6.45, 7) is 0.395. The van der Waals surface area contributed by atoms with Gasteiger partial charge in [0.15, 0.2) is 5.16 Å². The molecule has 15 heavy (non-hydrogen) atoms. The lowest BCUT2D eigenvalue weighted by atomic mass is 10.8. The van der Waals surface area contributed by atoms with Gasteiger partial charge in [0.05, 0.1) is 5.88 Å². The molecule has 84 valence electrons. The van der Waals surface area contributed by atoms with Crippen molar-refractivity contribution in [1.82, 2.24) is 15.0 Å². The molecule has 5 nitrogen and oxygen atoms in total. The standard InChI is InChI=1S/C8H13ClN4OS/c1-13(2)6-10-7(14-5-4-9)12-8(11-6)15-3/h4-5H2,1-3H3. The molecule has 0 radical (unpaired) electrons. The van der Waals surface area contributed by atoms with Crippen molar-refractivity contribution in [3.8, 4) is 6.01 Å². The molecule has 0 saturated heterocycles. The number of halogens is 1. The van der Waals surface area contributed by atoms with E-state index in [4.69, 9.17) is 16.3 Å². The Labute approximate surface area is 98.2 Å². The van der Waals surface area contributed by atoms with Crippen molar-refractivity contribution in [2.75, 3.05) is 37.7 Å². The number of aromatic nitrogens is 3. The molecule has 0 unspecified atom stereocenters. The van der Waals surface area contributed by atoms with Crippen molar-refractivity contribution >= 4 is 29.3 Å². The van der Waals surface area contributed by atoms with E-state index in [1.807, 2.05) is 20.4 Å². The summed E-state index contributed by atoms with van der Waals surface area (Å²) in [6.07, 6.45) is 1.90. The van der Waals surface area contributed by atoms with Crippen LogP contribution in [0.4, 0.5) is 5.95 Å². The summed E-state index contributed by atoms with van der Waals surface area (Å²) in [5, 5.41) is 0.637. The Morgan fingerprint density at radius 2 is 2.07 bits per heavy atom. The second-order valence-electron chi connectivity index (χ2n) is 2.84. The molecule has 1 heterocycles. The van der Waals surface area contributed by atoms with Crippen molar-refractivity contribution in [1.29, 1.82) is 0 Å². The molecule has 0 aromatic carbocycles. The lowest BCUT2D eigenvalue weighted by Crippen LogP contribution is -2.15. The van der Waals surface area contributed by atoms with E-state index in [9.17, 15) is 0 Å². The number of hydrogen-bond acceptors (Lipinski definition) is 6. The molecule has 0 fully saturated rings. The average Bonchev–Trinajstić information content (AvgIpc) is 2.25. The lowest BCUT2D eigenvalue weighted by Gasteiger charge is -2.11. The van der Waals surface area contributed by atoms with Gasteiger partial charge in [-0.05, 0) is 6.26 Å². The highest BCUT2D eigenvalue weighted by Crippen LogP contribution is 2.16. The van der Waals surface area contributed by atoms with Crippen LogP contribution in [0.15, 0.2) is 5.16 Å². The van der Waals surface area contributed by atoms with Gasteiger partial charge in [-0.2, -0.15) is 15.0 Å². The predicted molar refractivity (Wildman–Crippen MR) is 62.2 cm³/mol. The minimum atomic E-state index is 0.318. The maximum atomic E-state index is 5.52. The van der Waals surface area contributed by atoms with E-state index in [0.29, 0.717) is 29.6 Å². The van der Waals surface area contributed by atoms with Crippen LogP contribution in [0.1, 0.15) is 0 Å². The van der Waals surface area contributed by atoms with Gasteiger partial charge in [0.2, 0.25) is 5.95 Å². The highest BCUT2D eigenvalue weighted by molar-refractivity contribution is 7.98. The normalized spacial score (nSPS) is 10.1. The molecular weight excluding hydrogens is 236 g/mol. The molecule has 1 rings (SSSR count). The van der Waals surface area contributed by atoms with Crippen molar-refractivity contribution in [2.24, 2.45) is 0 Å². The van der Waals surface area contributed by atoms with Crippen LogP contribution in [0.5, 0.6) is 6.01 Å². The first-order chi connectivity index (χ1) is 7.17. The number of rotatable bonds is 5. The third kappa shape index (κ3) is 3.71. The molecule has 1 aromatic heterocycles. The summed E-state index contributed by atoms with van der Waals surface area (Å²) in [6, 6.07) is 0.318. The number of ether oxygens (including phenoxy) is 1. The summed E-state index contributed by atoms with van der Waals surface area (Å²) in [5.41, 5.74) is 0. The molecule has 0 bridgehead atoms. The van der Waals surface area contributed by atoms with E-state index < -0.39 is 0 Å². The summed E-state index contributed by atoms with van der Waals surface area (Å²) >= 11 is 6.96. The Bertz CT molecular complexity index is 324. The molecule has 0 aliphatic carbocycles. The molecule has 0 atom stereocenters. The molecule has 0 amide bonds. The van der Waals surface area contributed by atoms with Crippen LogP contribution in [0.25, 0.3) is 0 Å². The van der Waals surface area contributed by atoms with Gasteiger partial charge in [0, 0.05) is 14.1 Å². The largest absolute Gasteiger partial charge is 0.462 e. The van der Waals surface area contributed by atoms with Crippen molar-refractivity contribution in [3.05, 3.63) is 0 Å². The fraction of sp³-hybridized carbons (Fsp3) is 0.625. The van der Waals surface area contributed by atoms with Gasteiger partial charge < -0.3 is 9.64 Å². The Balaban J connectivity index is 2.90. The minimum absolute atomic E-state index is 0.318. The van der Waals surface area contributed by atoms with Crippen LogP contribution in [-0.2, 0) is 0 Å².